The Labute approximate surface area is 116 Å². The van der Waals surface area contributed by atoms with E-state index in [9.17, 15) is 35.2 Å². The van der Waals surface area contributed by atoms with Crippen molar-refractivity contribution in [1.29, 1.82) is 0 Å². The molecule has 0 aliphatic heterocycles. The van der Waals surface area contributed by atoms with Crippen LogP contribution in [0, 0.1) is 0 Å². The smallest absolute Gasteiger partial charge is 0.319 e. The molecular weight excluding hydrogens is 323 g/mol. The maximum Gasteiger partial charge on any atom is 0.463 e. The summed E-state index contributed by atoms with van der Waals surface area (Å²) in [6.45, 7) is 0. The number of sulfonamides is 1. The number of carbonyl (C=O) groups is 1. The summed E-state index contributed by atoms with van der Waals surface area (Å²) in [4.78, 5) is 10.4. The van der Waals surface area contributed by atoms with Crippen molar-refractivity contribution in [3.63, 3.8) is 0 Å². The molecule has 0 unspecified atom stereocenters. The van der Waals surface area contributed by atoms with Crippen LogP contribution in [0.3, 0.4) is 0 Å². The van der Waals surface area contributed by atoms with E-state index in [0.29, 0.717) is 0 Å². The Kier molecular flexibility index (Phi) is 4.58. The third-order valence-corrected chi connectivity index (χ3v) is 3.81. The van der Waals surface area contributed by atoms with E-state index in [1.807, 2.05) is 4.72 Å². The van der Waals surface area contributed by atoms with Gasteiger partial charge in [0.2, 0.25) is 10.0 Å². The van der Waals surface area contributed by atoms with Crippen LogP contribution in [-0.2, 0) is 14.8 Å². The van der Waals surface area contributed by atoms with E-state index >= 15 is 0 Å². The van der Waals surface area contributed by atoms with Gasteiger partial charge in [-0.15, -0.1) is 0 Å². The van der Waals surface area contributed by atoms with E-state index in [1.54, 1.807) is 0 Å². The molecule has 2 N–H and O–H groups in total. The first-order valence-corrected chi connectivity index (χ1v) is 6.70. The average Bonchev–Trinajstić information content (AvgIpc) is 2.37. The van der Waals surface area contributed by atoms with Crippen molar-refractivity contribution in [1.82, 2.24) is 4.72 Å². The summed E-state index contributed by atoms with van der Waals surface area (Å²) in [6, 6.07) is 4.19. The third-order valence-electron chi connectivity index (χ3n) is 2.33. The Morgan fingerprint density at radius 3 is 2.10 bits per heavy atom. The minimum atomic E-state index is -6.09. The Bertz CT molecular complexity index is 642. The number of halogens is 5. The quantitative estimate of drug-likeness (QED) is 0.825. The maximum atomic E-state index is 12.8. The zero-order chi connectivity index (χ0) is 16.5. The van der Waals surface area contributed by atoms with Crippen LogP contribution >= 0.6 is 0 Å². The molecule has 0 atom stereocenters. The largest absolute Gasteiger partial charge is 0.463 e. The molecule has 1 aromatic carbocycles. The van der Waals surface area contributed by atoms with Crippen molar-refractivity contribution >= 4 is 21.6 Å². The summed E-state index contributed by atoms with van der Waals surface area (Å²) in [6.07, 6.45) is -6.09. The number of benzene rings is 1. The molecule has 0 radical (unpaired) electrons. The van der Waals surface area contributed by atoms with Gasteiger partial charge in [0, 0.05) is 0 Å². The van der Waals surface area contributed by atoms with Gasteiger partial charge in [-0.2, -0.15) is 22.0 Å². The van der Waals surface area contributed by atoms with Gasteiger partial charge in [0.1, 0.15) is 4.90 Å². The SMILES string of the molecule is CNS(=O)(=O)c1ccccc1NC(=O)C(F)(F)C(F)(F)F. The van der Waals surface area contributed by atoms with Crippen LogP contribution in [0.15, 0.2) is 29.2 Å². The number of hydrogen-bond acceptors (Lipinski definition) is 3. The minimum Gasteiger partial charge on any atom is -0.319 e. The predicted octanol–water partition coefficient (Wildman–Crippen LogP) is 1.73. The van der Waals surface area contributed by atoms with Gasteiger partial charge < -0.3 is 5.32 Å². The van der Waals surface area contributed by atoms with Crippen molar-refractivity contribution in [2.24, 2.45) is 0 Å². The number of nitrogens with one attached hydrogen (secondary N) is 2. The Morgan fingerprint density at radius 2 is 1.62 bits per heavy atom. The molecule has 5 nitrogen and oxygen atoms in total. The number of amides is 1. The van der Waals surface area contributed by atoms with Crippen LogP contribution in [-0.4, -0.2) is 33.5 Å². The van der Waals surface area contributed by atoms with E-state index in [2.05, 4.69) is 0 Å². The van der Waals surface area contributed by atoms with Gasteiger partial charge in [-0.1, -0.05) is 12.1 Å². The van der Waals surface area contributed by atoms with Crippen molar-refractivity contribution in [3.8, 4) is 0 Å². The van der Waals surface area contributed by atoms with E-state index in [1.165, 1.54) is 11.4 Å². The van der Waals surface area contributed by atoms with Gasteiger partial charge in [0.15, 0.2) is 0 Å². The lowest BCUT2D eigenvalue weighted by Crippen LogP contribution is -2.47. The lowest BCUT2D eigenvalue weighted by Gasteiger charge is -2.19. The van der Waals surface area contributed by atoms with Gasteiger partial charge in [-0.3, -0.25) is 4.79 Å². The first kappa shape index (κ1) is 17.3. The highest BCUT2D eigenvalue weighted by Crippen LogP contribution is 2.36. The lowest BCUT2D eigenvalue weighted by molar-refractivity contribution is -0.267. The third kappa shape index (κ3) is 3.47. The fraction of sp³-hybridized carbons (Fsp3) is 0.300. The molecule has 0 aromatic heterocycles. The van der Waals surface area contributed by atoms with Crippen molar-refractivity contribution in [2.45, 2.75) is 17.0 Å². The second-order valence-electron chi connectivity index (χ2n) is 3.73. The molecule has 118 valence electrons. The van der Waals surface area contributed by atoms with Crippen LogP contribution < -0.4 is 10.0 Å². The maximum absolute atomic E-state index is 12.8. The van der Waals surface area contributed by atoms with Crippen LogP contribution in [0.1, 0.15) is 0 Å². The number of rotatable bonds is 4. The number of anilines is 1. The first-order chi connectivity index (χ1) is 9.43. The normalized spacial score (nSPS) is 13.0. The number of hydrogen-bond donors (Lipinski definition) is 2. The Hall–Kier alpha value is -1.75. The monoisotopic (exact) mass is 332 g/mol. The number of para-hydroxylation sites is 1. The van der Waals surface area contributed by atoms with Crippen molar-refractivity contribution in [3.05, 3.63) is 24.3 Å². The van der Waals surface area contributed by atoms with Crippen molar-refractivity contribution in [2.75, 3.05) is 12.4 Å². The molecule has 0 saturated heterocycles. The topological polar surface area (TPSA) is 75.3 Å². The summed E-state index contributed by atoms with van der Waals surface area (Å²) in [5.41, 5.74) is -0.694. The van der Waals surface area contributed by atoms with Gasteiger partial charge in [-0.25, -0.2) is 13.1 Å². The molecule has 1 aromatic rings. The highest BCUT2D eigenvalue weighted by molar-refractivity contribution is 7.89. The average molecular weight is 332 g/mol. The van der Waals surface area contributed by atoms with Crippen LogP contribution in [0.5, 0.6) is 0 Å². The summed E-state index contributed by atoms with van der Waals surface area (Å²) in [7, 11) is -3.13. The molecule has 0 aliphatic carbocycles. The Morgan fingerprint density at radius 1 is 1.10 bits per heavy atom. The molecule has 0 heterocycles. The fourth-order valence-electron chi connectivity index (χ4n) is 1.24. The second-order valence-corrected chi connectivity index (χ2v) is 5.58. The molecule has 11 heteroatoms. The lowest BCUT2D eigenvalue weighted by atomic mass is 10.2. The summed E-state index contributed by atoms with van der Waals surface area (Å²) < 4.78 is 86.8. The molecule has 0 bridgehead atoms. The molecular formula is C10H9F5N2O3S. The summed E-state index contributed by atoms with van der Waals surface area (Å²) in [5, 5.41) is 1.27. The standard InChI is InChI=1S/C10H9F5N2O3S/c1-16-21(19,20)7-5-3-2-4-6(7)17-8(18)9(11,12)10(13,14)15/h2-5,16H,1H3,(H,17,18). The van der Waals surface area contributed by atoms with E-state index in [4.69, 9.17) is 0 Å². The number of carbonyl (C=O) groups excluding carboxylic acids is 1. The predicted molar refractivity (Wildman–Crippen MR) is 62.3 cm³/mol. The molecule has 0 fully saturated rings. The highest BCUT2D eigenvalue weighted by atomic mass is 32.2. The van der Waals surface area contributed by atoms with Gasteiger partial charge in [0.05, 0.1) is 5.69 Å². The summed E-state index contributed by atoms with van der Waals surface area (Å²) >= 11 is 0. The molecule has 1 rings (SSSR count). The zero-order valence-electron chi connectivity index (χ0n) is 10.3. The van der Waals surface area contributed by atoms with E-state index in [0.717, 1.165) is 25.2 Å². The minimum absolute atomic E-state index is 0.640. The van der Waals surface area contributed by atoms with Crippen molar-refractivity contribution < 1.29 is 35.2 Å². The van der Waals surface area contributed by atoms with Gasteiger partial charge >= 0.3 is 18.0 Å². The summed E-state index contributed by atoms with van der Waals surface area (Å²) in [5.74, 6) is -8.32. The van der Waals surface area contributed by atoms with Gasteiger partial charge in [-0.05, 0) is 19.2 Å². The zero-order valence-corrected chi connectivity index (χ0v) is 11.1. The highest BCUT2D eigenvalue weighted by Gasteiger charge is 2.63. The number of alkyl halides is 5. The first-order valence-electron chi connectivity index (χ1n) is 5.22. The second kappa shape index (κ2) is 5.56. The fourth-order valence-corrected chi connectivity index (χ4v) is 2.13. The van der Waals surface area contributed by atoms with E-state index in [-0.39, 0.29) is 0 Å². The molecule has 0 aliphatic rings. The molecule has 21 heavy (non-hydrogen) atoms. The van der Waals surface area contributed by atoms with E-state index < -0.39 is 38.6 Å². The molecule has 1 amide bonds. The Balaban J connectivity index is 3.20. The molecule has 0 saturated carbocycles. The van der Waals surface area contributed by atoms with Gasteiger partial charge in [0.25, 0.3) is 0 Å². The molecule has 0 spiro atoms. The van der Waals surface area contributed by atoms with Crippen LogP contribution in [0.2, 0.25) is 0 Å². The van der Waals surface area contributed by atoms with Crippen LogP contribution in [0.25, 0.3) is 0 Å². The van der Waals surface area contributed by atoms with Crippen LogP contribution in [0.4, 0.5) is 27.6 Å².